The van der Waals surface area contributed by atoms with Crippen LogP contribution in [0.1, 0.15) is 6.92 Å². The second-order valence-electron chi connectivity index (χ2n) is 5.15. The van der Waals surface area contributed by atoms with Crippen molar-refractivity contribution in [1.29, 1.82) is 0 Å². The van der Waals surface area contributed by atoms with Crippen LogP contribution in [0.4, 0.5) is 10.5 Å². The molecule has 23 heavy (non-hydrogen) atoms. The number of carbonyl (C=O) groups is 3. The van der Waals surface area contributed by atoms with Gasteiger partial charge in [-0.3, -0.25) is 25.2 Å². The van der Waals surface area contributed by atoms with Crippen molar-refractivity contribution in [2.45, 2.75) is 12.5 Å². The van der Waals surface area contributed by atoms with Gasteiger partial charge in [-0.15, -0.1) is 0 Å². The van der Waals surface area contributed by atoms with Crippen LogP contribution in [0.5, 0.6) is 5.75 Å². The molecular formula is C15H14N4O4. The van der Waals surface area contributed by atoms with Crippen LogP contribution >= 0.6 is 0 Å². The molecule has 0 spiro atoms. The van der Waals surface area contributed by atoms with Crippen molar-refractivity contribution >= 4 is 29.7 Å². The number of imide groups is 2. The van der Waals surface area contributed by atoms with Gasteiger partial charge in [0.25, 0.3) is 17.4 Å². The summed E-state index contributed by atoms with van der Waals surface area (Å²) in [5.41, 5.74) is -0.884. The number of benzene rings is 1. The summed E-state index contributed by atoms with van der Waals surface area (Å²) in [4.78, 5) is 40.9. The van der Waals surface area contributed by atoms with Gasteiger partial charge in [-0.1, -0.05) is 0 Å². The maximum absolute atomic E-state index is 11.9. The molecule has 2 aliphatic rings. The number of aliphatic imine (C=N–C) groups is 1. The van der Waals surface area contributed by atoms with Crippen LogP contribution < -0.4 is 20.3 Å². The predicted molar refractivity (Wildman–Crippen MR) is 82.1 cm³/mol. The van der Waals surface area contributed by atoms with Gasteiger partial charge in [0.15, 0.2) is 0 Å². The molecule has 2 N–H and O–H groups in total. The van der Waals surface area contributed by atoms with Crippen molar-refractivity contribution in [3.05, 3.63) is 36.7 Å². The molecule has 1 aromatic rings. The number of carbonyl (C=O) groups excluding carboxylic acids is 3. The summed E-state index contributed by atoms with van der Waals surface area (Å²) in [7, 11) is 0. The zero-order valence-electron chi connectivity index (χ0n) is 12.3. The van der Waals surface area contributed by atoms with E-state index in [1.165, 1.54) is 6.92 Å². The molecule has 1 saturated heterocycles. The largest absolute Gasteiger partial charge is 0.468 e. The number of anilines is 1. The van der Waals surface area contributed by atoms with Crippen molar-refractivity contribution in [2.24, 2.45) is 4.99 Å². The lowest BCUT2D eigenvalue weighted by atomic mass is 10.0. The molecule has 0 saturated carbocycles. The van der Waals surface area contributed by atoms with Gasteiger partial charge < -0.3 is 9.64 Å². The molecule has 118 valence electrons. The normalized spacial score (nSPS) is 19.3. The Morgan fingerprint density at radius 1 is 1.13 bits per heavy atom. The number of barbiturate groups is 1. The minimum atomic E-state index is -1.80. The summed E-state index contributed by atoms with van der Waals surface area (Å²) < 4.78 is 5.52. The Hall–Kier alpha value is -3.16. The Labute approximate surface area is 131 Å². The second-order valence-corrected chi connectivity index (χ2v) is 5.15. The van der Waals surface area contributed by atoms with Gasteiger partial charge in [0.05, 0.1) is 6.54 Å². The highest BCUT2D eigenvalue weighted by molar-refractivity contribution is 6.21. The van der Waals surface area contributed by atoms with E-state index in [9.17, 15) is 14.4 Å². The fourth-order valence-corrected chi connectivity index (χ4v) is 2.18. The predicted octanol–water partition coefficient (Wildman–Crippen LogP) is 0.552. The summed E-state index contributed by atoms with van der Waals surface area (Å²) in [6.45, 7) is 1.96. The van der Waals surface area contributed by atoms with Gasteiger partial charge >= 0.3 is 6.03 Å². The van der Waals surface area contributed by atoms with E-state index in [1.54, 1.807) is 36.7 Å². The van der Waals surface area contributed by atoms with Crippen molar-refractivity contribution in [1.82, 2.24) is 10.6 Å². The quantitative estimate of drug-likeness (QED) is 0.794. The van der Waals surface area contributed by atoms with Gasteiger partial charge in [0, 0.05) is 24.3 Å². The van der Waals surface area contributed by atoms with E-state index in [2.05, 4.69) is 4.99 Å². The van der Waals surface area contributed by atoms with Gasteiger partial charge in [0.2, 0.25) is 0 Å². The Balaban J connectivity index is 1.76. The fraction of sp³-hybridized carbons (Fsp3) is 0.200. The third kappa shape index (κ3) is 2.78. The summed E-state index contributed by atoms with van der Waals surface area (Å²) in [5.74, 6) is -1.26. The van der Waals surface area contributed by atoms with Crippen molar-refractivity contribution < 1.29 is 19.1 Å². The molecule has 3 rings (SSSR count). The van der Waals surface area contributed by atoms with E-state index < -0.39 is 23.4 Å². The number of nitrogens with zero attached hydrogens (tertiary/aromatic N) is 2. The van der Waals surface area contributed by atoms with E-state index in [0.717, 1.165) is 5.69 Å². The Kier molecular flexibility index (Phi) is 3.57. The van der Waals surface area contributed by atoms with Crippen LogP contribution in [0.15, 0.2) is 41.7 Å². The van der Waals surface area contributed by atoms with Crippen molar-refractivity contribution in [3.8, 4) is 5.75 Å². The van der Waals surface area contributed by atoms with E-state index in [1.807, 2.05) is 21.7 Å². The molecule has 0 aliphatic carbocycles. The lowest BCUT2D eigenvalue weighted by molar-refractivity contribution is -0.149. The molecule has 0 bridgehead atoms. The topological polar surface area (TPSA) is 100 Å². The highest BCUT2D eigenvalue weighted by Gasteiger charge is 2.48. The molecule has 8 heteroatoms. The number of urea groups is 1. The Morgan fingerprint density at radius 3 is 2.35 bits per heavy atom. The third-order valence-corrected chi connectivity index (χ3v) is 3.53. The number of nitrogens with one attached hydrogen (secondary N) is 2. The lowest BCUT2D eigenvalue weighted by Gasteiger charge is -2.31. The molecule has 2 aliphatic heterocycles. The van der Waals surface area contributed by atoms with Crippen LogP contribution in [0.2, 0.25) is 0 Å². The first-order valence-electron chi connectivity index (χ1n) is 6.90. The van der Waals surface area contributed by atoms with Crippen LogP contribution in [0.25, 0.3) is 0 Å². The Morgan fingerprint density at radius 2 is 1.78 bits per heavy atom. The fourth-order valence-electron chi connectivity index (χ4n) is 2.18. The SMILES string of the molecule is CC1(Oc2ccc(N3C=CN=CC3)cc2)C(=O)NC(=O)NC1=O. The molecule has 1 fully saturated rings. The molecule has 0 atom stereocenters. The molecule has 4 amide bonds. The summed E-state index contributed by atoms with van der Waals surface area (Å²) in [6, 6.07) is 6.04. The average molecular weight is 314 g/mol. The summed E-state index contributed by atoms with van der Waals surface area (Å²) >= 11 is 0. The first kappa shape index (κ1) is 14.8. The monoisotopic (exact) mass is 314 g/mol. The van der Waals surface area contributed by atoms with E-state index in [0.29, 0.717) is 12.3 Å². The van der Waals surface area contributed by atoms with Gasteiger partial charge in [-0.05, 0) is 31.2 Å². The molecule has 8 nitrogen and oxygen atoms in total. The molecule has 0 unspecified atom stereocenters. The highest BCUT2D eigenvalue weighted by Crippen LogP contribution is 2.24. The average Bonchev–Trinajstić information content (AvgIpc) is 2.54. The summed E-state index contributed by atoms with van der Waals surface area (Å²) in [5, 5.41) is 4.03. The number of amides is 4. The van der Waals surface area contributed by atoms with E-state index in [-0.39, 0.29) is 0 Å². The minimum Gasteiger partial charge on any atom is -0.468 e. The third-order valence-electron chi connectivity index (χ3n) is 3.53. The van der Waals surface area contributed by atoms with Crippen LogP contribution in [-0.4, -0.2) is 36.2 Å². The van der Waals surface area contributed by atoms with E-state index >= 15 is 0 Å². The first-order valence-corrected chi connectivity index (χ1v) is 6.90. The van der Waals surface area contributed by atoms with Crippen molar-refractivity contribution in [3.63, 3.8) is 0 Å². The van der Waals surface area contributed by atoms with Gasteiger partial charge in [0.1, 0.15) is 5.75 Å². The van der Waals surface area contributed by atoms with Gasteiger partial charge in [-0.25, -0.2) is 4.79 Å². The first-order chi connectivity index (χ1) is 11.0. The minimum absolute atomic E-state index is 0.338. The van der Waals surface area contributed by atoms with Crippen LogP contribution in [0, 0.1) is 0 Å². The number of hydrogen-bond acceptors (Lipinski definition) is 6. The standard InChI is InChI=1S/C15H14N4O4/c1-15(12(20)17-14(22)18-13(15)21)23-11-4-2-10(3-5-11)19-8-6-16-7-9-19/h2-8H,9H2,1H3,(H2,17,18,20,21,22). The number of ether oxygens (including phenoxy) is 1. The number of rotatable bonds is 3. The van der Waals surface area contributed by atoms with E-state index in [4.69, 9.17) is 4.74 Å². The smallest absolute Gasteiger partial charge is 0.328 e. The van der Waals surface area contributed by atoms with Crippen LogP contribution in [0.3, 0.4) is 0 Å². The van der Waals surface area contributed by atoms with Crippen LogP contribution in [-0.2, 0) is 9.59 Å². The maximum Gasteiger partial charge on any atom is 0.328 e. The zero-order valence-corrected chi connectivity index (χ0v) is 12.3. The van der Waals surface area contributed by atoms with Gasteiger partial charge in [-0.2, -0.15) is 0 Å². The number of hydrogen-bond donors (Lipinski definition) is 2. The molecule has 1 aromatic carbocycles. The molecule has 0 aromatic heterocycles. The summed E-state index contributed by atoms with van der Waals surface area (Å²) in [6.07, 6.45) is 5.30. The maximum atomic E-state index is 11.9. The van der Waals surface area contributed by atoms with Crippen molar-refractivity contribution in [2.75, 3.05) is 11.4 Å². The lowest BCUT2D eigenvalue weighted by Crippen LogP contribution is -2.67. The molecule has 2 heterocycles. The Bertz CT molecular complexity index is 703. The molecular weight excluding hydrogens is 300 g/mol. The highest BCUT2D eigenvalue weighted by atomic mass is 16.5. The second kappa shape index (κ2) is 5.56. The zero-order chi connectivity index (χ0) is 16.4. The molecule has 0 radical (unpaired) electrons.